The molecule has 1 fully saturated rings. The van der Waals surface area contributed by atoms with Gasteiger partial charge in [0.05, 0.1) is 0 Å². The number of hydrogen-bond acceptors (Lipinski definition) is 2. The van der Waals surface area contributed by atoms with Gasteiger partial charge in [-0.25, -0.2) is 22.4 Å². The Morgan fingerprint density at radius 3 is 2.41 bits per heavy atom. The van der Waals surface area contributed by atoms with E-state index in [9.17, 15) is 22.4 Å². The van der Waals surface area contributed by atoms with Crippen molar-refractivity contribution in [3.05, 3.63) is 34.9 Å². The fourth-order valence-electron chi connectivity index (χ4n) is 1.72. The van der Waals surface area contributed by atoms with E-state index in [4.69, 9.17) is 0 Å². The van der Waals surface area contributed by atoms with Crippen LogP contribution in [0.25, 0.3) is 0 Å². The summed E-state index contributed by atoms with van der Waals surface area (Å²) in [6.07, 6.45) is -0.991. The quantitative estimate of drug-likeness (QED) is 0.456. The van der Waals surface area contributed by atoms with Gasteiger partial charge in [-0.05, 0) is 25.0 Å². The van der Waals surface area contributed by atoms with E-state index in [2.05, 4.69) is 4.99 Å². The number of rotatable bonds is 3. The smallest absolute Gasteiger partial charge is 0.211 e. The third-order valence-corrected chi connectivity index (χ3v) is 2.79. The minimum atomic E-state index is -2.90. The van der Waals surface area contributed by atoms with Gasteiger partial charge in [-0.3, -0.25) is 0 Å². The monoisotopic (exact) mass is 245 g/mol. The highest BCUT2D eigenvalue weighted by molar-refractivity contribution is 5.43. The standard InChI is InChI=1S/C11H7F4NO/c12-8-4-6(10(14)15)3-7(9(8)13)11(1-2-11)16-5-17/h3-4,10H,1-2H2. The zero-order valence-electron chi connectivity index (χ0n) is 8.51. The second kappa shape index (κ2) is 3.96. The zero-order chi connectivity index (χ0) is 12.6. The summed E-state index contributed by atoms with van der Waals surface area (Å²) in [6, 6.07) is 1.31. The lowest BCUT2D eigenvalue weighted by molar-refractivity contribution is 0.150. The molecule has 6 heteroatoms. The van der Waals surface area contributed by atoms with Crippen molar-refractivity contribution in [2.45, 2.75) is 24.8 Å². The number of carbonyl (C=O) groups excluding carboxylic acids is 1. The molecule has 0 aromatic heterocycles. The van der Waals surface area contributed by atoms with Gasteiger partial charge >= 0.3 is 0 Å². The number of hydrogen-bond donors (Lipinski definition) is 0. The van der Waals surface area contributed by atoms with Gasteiger partial charge in [-0.2, -0.15) is 4.99 Å². The van der Waals surface area contributed by atoms with Gasteiger partial charge < -0.3 is 0 Å². The van der Waals surface area contributed by atoms with Crippen molar-refractivity contribution in [2.75, 3.05) is 0 Å². The molecule has 0 heterocycles. The maximum absolute atomic E-state index is 13.5. The fraction of sp³-hybridized carbons (Fsp3) is 0.364. The predicted octanol–water partition coefficient (Wildman–Crippen LogP) is 3.23. The molecular formula is C11H7F4NO. The van der Waals surface area contributed by atoms with E-state index in [1.165, 1.54) is 6.08 Å². The van der Waals surface area contributed by atoms with E-state index >= 15 is 0 Å². The Labute approximate surface area is 94.0 Å². The maximum atomic E-state index is 13.5. The van der Waals surface area contributed by atoms with Crippen LogP contribution in [0.5, 0.6) is 0 Å². The number of aliphatic imine (C=N–C) groups is 1. The molecule has 1 aromatic rings. The van der Waals surface area contributed by atoms with E-state index in [0.29, 0.717) is 18.9 Å². The number of halogens is 4. The van der Waals surface area contributed by atoms with E-state index in [1.54, 1.807) is 0 Å². The molecule has 0 amide bonds. The molecule has 1 saturated carbocycles. The summed E-state index contributed by atoms with van der Waals surface area (Å²) in [5.41, 5.74) is -2.11. The Morgan fingerprint density at radius 2 is 1.94 bits per heavy atom. The summed E-state index contributed by atoms with van der Waals surface area (Å²) in [5.74, 6) is -2.59. The molecule has 1 aliphatic carbocycles. The summed E-state index contributed by atoms with van der Waals surface area (Å²) in [6.45, 7) is 0. The molecular weight excluding hydrogens is 238 g/mol. The Balaban J connectivity index is 2.57. The van der Waals surface area contributed by atoms with Crippen molar-refractivity contribution in [2.24, 2.45) is 4.99 Å². The lowest BCUT2D eigenvalue weighted by Crippen LogP contribution is -2.09. The Kier molecular flexibility index (Phi) is 2.75. The first-order valence-corrected chi connectivity index (χ1v) is 4.87. The molecule has 0 aliphatic heterocycles. The molecule has 90 valence electrons. The third kappa shape index (κ3) is 1.96. The van der Waals surface area contributed by atoms with Crippen LogP contribution in [0.1, 0.15) is 30.4 Å². The van der Waals surface area contributed by atoms with Crippen LogP contribution < -0.4 is 0 Å². The van der Waals surface area contributed by atoms with Crippen molar-refractivity contribution in [1.82, 2.24) is 0 Å². The van der Waals surface area contributed by atoms with Crippen LogP contribution >= 0.6 is 0 Å². The molecule has 0 atom stereocenters. The van der Waals surface area contributed by atoms with Gasteiger partial charge in [-0.1, -0.05) is 0 Å². The molecule has 0 spiro atoms. The second-order valence-corrected chi connectivity index (χ2v) is 3.90. The van der Waals surface area contributed by atoms with Crippen LogP contribution in [0.2, 0.25) is 0 Å². The van der Waals surface area contributed by atoms with Crippen LogP contribution in [0.15, 0.2) is 17.1 Å². The van der Waals surface area contributed by atoms with E-state index in [1.807, 2.05) is 0 Å². The van der Waals surface area contributed by atoms with E-state index < -0.39 is 29.2 Å². The maximum Gasteiger partial charge on any atom is 0.263 e. The molecule has 2 nitrogen and oxygen atoms in total. The first-order valence-electron chi connectivity index (χ1n) is 4.87. The molecule has 1 aliphatic rings. The zero-order valence-corrected chi connectivity index (χ0v) is 8.51. The second-order valence-electron chi connectivity index (χ2n) is 3.90. The summed E-state index contributed by atoms with van der Waals surface area (Å²) in [7, 11) is 0. The van der Waals surface area contributed by atoms with Gasteiger partial charge in [0.2, 0.25) is 6.08 Å². The van der Waals surface area contributed by atoms with Crippen molar-refractivity contribution in [3.8, 4) is 0 Å². The lowest BCUT2D eigenvalue weighted by atomic mass is 10.0. The molecule has 2 rings (SSSR count). The molecule has 0 N–H and O–H groups in total. The van der Waals surface area contributed by atoms with Crippen LogP contribution in [0.3, 0.4) is 0 Å². The highest BCUT2D eigenvalue weighted by Crippen LogP contribution is 2.50. The average molecular weight is 245 g/mol. The minimum Gasteiger partial charge on any atom is -0.211 e. The van der Waals surface area contributed by atoms with Crippen molar-refractivity contribution in [1.29, 1.82) is 0 Å². The number of alkyl halides is 2. The minimum absolute atomic E-state index is 0.295. The normalized spacial score (nSPS) is 16.8. The first-order chi connectivity index (χ1) is 8.00. The number of isocyanates is 1. The highest BCUT2D eigenvalue weighted by Gasteiger charge is 2.47. The highest BCUT2D eigenvalue weighted by atomic mass is 19.3. The largest absolute Gasteiger partial charge is 0.263 e. The Bertz CT molecular complexity index is 504. The summed E-state index contributed by atoms with van der Waals surface area (Å²) in [4.78, 5) is 13.6. The van der Waals surface area contributed by atoms with Crippen LogP contribution in [0, 0.1) is 11.6 Å². The van der Waals surface area contributed by atoms with Crippen LogP contribution in [-0.4, -0.2) is 6.08 Å². The van der Waals surface area contributed by atoms with E-state index in [-0.39, 0.29) is 5.56 Å². The summed E-state index contributed by atoms with van der Waals surface area (Å²) >= 11 is 0. The summed E-state index contributed by atoms with van der Waals surface area (Å²) < 4.78 is 51.6. The number of benzene rings is 1. The molecule has 0 unspecified atom stereocenters. The third-order valence-electron chi connectivity index (χ3n) is 2.79. The first kappa shape index (κ1) is 11.8. The van der Waals surface area contributed by atoms with Crippen LogP contribution in [0.4, 0.5) is 17.6 Å². The average Bonchev–Trinajstić information content (AvgIpc) is 3.03. The van der Waals surface area contributed by atoms with Gasteiger partial charge in [-0.15, -0.1) is 0 Å². The molecule has 0 bridgehead atoms. The van der Waals surface area contributed by atoms with Gasteiger partial charge in [0.25, 0.3) is 6.43 Å². The lowest BCUT2D eigenvalue weighted by Gasteiger charge is -2.12. The fourth-order valence-corrected chi connectivity index (χ4v) is 1.72. The SMILES string of the molecule is O=C=NC1(c2cc(C(F)F)cc(F)c2F)CC1. The molecule has 17 heavy (non-hydrogen) atoms. The molecule has 0 saturated heterocycles. The van der Waals surface area contributed by atoms with Crippen molar-refractivity contribution in [3.63, 3.8) is 0 Å². The molecule has 1 aromatic carbocycles. The topological polar surface area (TPSA) is 29.4 Å². The van der Waals surface area contributed by atoms with Gasteiger partial charge in [0, 0.05) is 11.1 Å². The van der Waals surface area contributed by atoms with E-state index in [0.717, 1.165) is 6.07 Å². The van der Waals surface area contributed by atoms with Crippen molar-refractivity contribution >= 4 is 6.08 Å². The Morgan fingerprint density at radius 1 is 1.29 bits per heavy atom. The number of nitrogens with zero attached hydrogens (tertiary/aromatic N) is 1. The van der Waals surface area contributed by atoms with Crippen molar-refractivity contribution < 1.29 is 22.4 Å². The van der Waals surface area contributed by atoms with Gasteiger partial charge in [0.15, 0.2) is 11.6 Å². The summed E-state index contributed by atoms with van der Waals surface area (Å²) in [5, 5.41) is 0. The van der Waals surface area contributed by atoms with Gasteiger partial charge in [0.1, 0.15) is 5.54 Å². The van der Waals surface area contributed by atoms with Crippen LogP contribution in [-0.2, 0) is 10.3 Å². The Hall–Kier alpha value is -1.68. The predicted molar refractivity (Wildman–Crippen MR) is 50.3 cm³/mol. The molecule has 0 radical (unpaired) electrons.